The van der Waals surface area contributed by atoms with E-state index in [0.29, 0.717) is 0 Å². The van der Waals surface area contributed by atoms with E-state index < -0.39 is 0 Å². The Morgan fingerprint density at radius 2 is 1.75 bits per heavy atom. The highest BCUT2D eigenvalue weighted by Gasteiger charge is 2.22. The van der Waals surface area contributed by atoms with E-state index in [1.165, 1.54) is 83.7 Å². The summed E-state index contributed by atoms with van der Waals surface area (Å²) in [5, 5.41) is 0. The van der Waals surface area contributed by atoms with E-state index in [-0.39, 0.29) is 0 Å². The third-order valence-corrected chi connectivity index (χ3v) is 5.03. The normalized spacial score (nSPS) is 19.2. The van der Waals surface area contributed by atoms with Gasteiger partial charge in [0.15, 0.2) is 0 Å². The number of nitrogens with zero attached hydrogens (tertiary/aromatic N) is 1. The largest absolute Gasteiger partial charge is 0.330 e. The average Bonchev–Trinajstić information content (AvgIpc) is 2.76. The van der Waals surface area contributed by atoms with Gasteiger partial charge in [-0.05, 0) is 44.7 Å². The molecule has 0 saturated heterocycles. The number of nitrogens with two attached hydrogens (primary N) is 1. The van der Waals surface area contributed by atoms with Crippen molar-refractivity contribution in [3.05, 3.63) is 0 Å². The lowest BCUT2D eigenvalue weighted by molar-refractivity contribution is 0.144. The standard InChI is InChI=1S/C18H38N2/c1-3-5-11-17(4-2)16-20(15-10-14-19)18-12-8-6-7-9-13-18/h17-18H,3-16,19H2,1-2H3. The lowest BCUT2D eigenvalue weighted by Gasteiger charge is -2.34. The topological polar surface area (TPSA) is 29.3 Å². The molecule has 0 aromatic heterocycles. The zero-order valence-electron chi connectivity index (χ0n) is 14.1. The van der Waals surface area contributed by atoms with E-state index in [9.17, 15) is 0 Å². The highest BCUT2D eigenvalue weighted by atomic mass is 15.2. The van der Waals surface area contributed by atoms with E-state index in [4.69, 9.17) is 5.73 Å². The molecule has 1 unspecified atom stereocenters. The fourth-order valence-electron chi connectivity index (χ4n) is 3.59. The monoisotopic (exact) mass is 282 g/mol. The van der Waals surface area contributed by atoms with Gasteiger partial charge in [-0.3, -0.25) is 0 Å². The van der Waals surface area contributed by atoms with Gasteiger partial charge in [-0.15, -0.1) is 0 Å². The molecule has 120 valence electrons. The number of hydrogen-bond donors (Lipinski definition) is 1. The van der Waals surface area contributed by atoms with E-state index in [0.717, 1.165) is 18.5 Å². The Labute approximate surface area is 127 Å². The Kier molecular flexibility index (Phi) is 10.4. The molecule has 2 nitrogen and oxygen atoms in total. The Balaban J connectivity index is 2.51. The SMILES string of the molecule is CCCCC(CC)CN(CCCN)C1CCCCCC1. The lowest BCUT2D eigenvalue weighted by Crippen LogP contribution is -2.40. The van der Waals surface area contributed by atoms with Crippen LogP contribution in [-0.4, -0.2) is 30.6 Å². The molecule has 0 heterocycles. The molecule has 2 N–H and O–H groups in total. The van der Waals surface area contributed by atoms with Crippen molar-refractivity contribution in [1.82, 2.24) is 4.90 Å². The molecule has 0 bridgehead atoms. The molecule has 2 heteroatoms. The molecular weight excluding hydrogens is 244 g/mol. The van der Waals surface area contributed by atoms with E-state index in [1.54, 1.807) is 0 Å². The van der Waals surface area contributed by atoms with Crippen LogP contribution in [0.2, 0.25) is 0 Å². The highest BCUT2D eigenvalue weighted by molar-refractivity contribution is 4.77. The average molecular weight is 283 g/mol. The molecule has 1 atom stereocenters. The Bertz CT molecular complexity index is 209. The number of unbranched alkanes of at least 4 members (excludes halogenated alkanes) is 1. The third kappa shape index (κ3) is 7.08. The molecule has 0 radical (unpaired) electrons. The summed E-state index contributed by atoms with van der Waals surface area (Å²) in [7, 11) is 0. The lowest BCUT2D eigenvalue weighted by atomic mass is 9.96. The van der Waals surface area contributed by atoms with Crippen LogP contribution in [0.25, 0.3) is 0 Å². The second kappa shape index (κ2) is 11.6. The van der Waals surface area contributed by atoms with Crippen molar-refractivity contribution in [1.29, 1.82) is 0 Å². The molecule has 0 aromatic rings. The van der Waals surface area contributed by atoms with Gasteiger partial charge in [0.05, 0.1) is 0 Å². The van der Waals surface area contributed by atoms with Crippen LogP contribution in [0.15, 0.2) is 0 Å². The van der Waals surface area contributed by atoms with E-state index in [1.807, 2.05) is 0 Å². The van der Waals surface area contributed by atoms with E-state index in [2.05, 4.69) is 18.7 Å². The Morgan fingerprint density at radius 1 is 1.05 bits per heavy atom. The van der Waals surface area contributed by atoms with Crippen molar-refractivity contribution < 1.29 is 0 Å². The third-order valence-electron chi connectivity index (χ3n) is 5.03. The van der Waals surface area contributed by atoms with Gasteiger partial charge < -0.3 is 10.6 Å². The van der Waals surface area contributed by atoms with Crippen LogP contribution >= 0.6 is 0 Å². The van der Waals surface area contributed by atoms with Gasteiger partial charge in [-0.1, -0.05) is 58.8 Å². The molecule has 0 spiro atoms. The number of rotatable bonds is 10. The van der Waals surface area contributed by atoms with Crippen LogP contribution in [0, 0.1) is 5.92 Å². The summed E-state index contributed by atoms with van der Waals surface area (Å²) >= 11 is 0. The predicted molar refractivity (Wildman–Crippen MR) is 90.0 cm³/mol. The summed E-state index contributed by atoms with van der Waals surface area (Å²) in [6, 6.07) is 0.847. The number of hydrogen-bond acceptors (Lipinski definition) is 2. The molecule has 1 aliphatic carbocycles. The van der Waals surface area contributed by atoms with E-state index >= 15 is 0 Å². The van der Waals surface area contributed by atoms with Crippen molar-refractivity contribution in [2.45, 2.75) is 90.5 Å². The summed E-state index contributed by atoms with van der Waals surface area (Å²) in [5.41, 5.74) is 5.75. The van der Waals surface area contributed by atoms with Crippen LogP contribution in [0.4, 0.5) is 0 Å². The zero-order valence-corrected chi connectivity index (χ0v) is 14.1. The van der Waals surface area contributed by atoms with Gasteiger partial charge in [0, 0.05) is 12.6 Å². The van der Waals surface area contributed by atoms with Gasteiger partial charge in [0.2, 0.25) is 0 Å². The first-order valence-electron chi connectivity index (χ1n) is 9.25. The molecule has 0 amide bonds. The maximum atomic E-state index is 5.75. The van der Waals surface area contributed by atoms with Crippen molar-refractivity contribution in [3.8, 4) is 0 Å². The van der Waals surface area contributed by atoms with Crippen molar-refractivity contribution >= 4 is 0 Å². The minimum Gasteiger partial charge on any atom is -0.330 e. The van der Waals surface area contributed by atoms with Crippen LogP contribution in [0.1, 0.15) is 84.5 Å². The van der Waals surface area contributed by atoms with Gasteiger partial charge in [-0.25, -0.2) is 0 Å². The van der Waals surface area contributed by atoms with Crippen LogP contribution < -0.4 is 5.73 Å². The Hall–Kier alpha value is -0.0800. The second-order valence-electron chi connectivity index (χ2n) is 6.70. The quantitative estimate of drug-likeness (QED) is 0.594. The molecule has 1 rings (SSSR count). The second-order valence-corrected chi connectivity index (χ2v) is 6.70. The fraction of sp³-hybridized carbons (Fsp3) is 1.00. The molecular formula is C18H38N2. The summed E-state index contributed by atoms with van der Waals surface area (Å²) in [4.78, 5) is 2.81. The summed E-state index contributed by atoms with van der Waals surface area (Å²) in [5.74, 6) is 0.899. The molecule has 1 fully saturated rings. The van der Waals surface area contributed by atoms with Crippen LogP contribution in [-0.2, 0) is 0 Å². The summed E-state index contributed by atoms with van der Waals surface area (Å²) in [6.45, 7) is 8.07. The minimum atomic E-state index is 0.842. The van der Waals surface area contributed by atoms with Gasteiger partial charge >= 0.3 is 0 Å². The van der Waals surface area contributed by atoms with Crippen LogP contribution in [0.3, 0.4) is 0 Å². The zero-order chi connectivity index (χ0) is 14.6. The molecule has 1 aliphatic rings. The van der Waals surface area contributed by atoms with Gasteiger partial charge in [0.1, 0.15) is 0 Å². The summed E-state index contributed by atoms with van der Waals surface area (Å²) in [6.07, 6.45) is 15.3. The maximum absolute atomic E-state index is 5.75. The van der Waals surface area contributed by atoms with Crippen LogP contribution in [0.5, 0.6) is 0 Å². The van der Waals surface area contributed by atoms with Crippen molar-refractivity contribution in [2.24, 2.45) is 11.7 Å². The fourth-order valence-corrected chi connectivity index (χ4v) is 3.59. The first kappa shape index (κ1) is 18.0. The molecule has 20 heavy (non-hydrogen) atoms. The highest BCUT2D eigenvalue weighted by Crippen LogP contribution is 2.24. The maximum Gasteiger partial charge on any atom is 0.00953 e. The molecule has 0 aliphatic heterocycles. The summed E-state index contributed by atoms with van der Waals surface area (Å²) < 4.78 is 0. The Morgan fingerprint density at radius 3 is 2.30 bits per heavy atom. The van der Waals surface area contributed by atoms with Crippen molar-refractivity contribution in [2.75, 3.05) is 19.6 Å². The molecule has 0 aromatic carbocycles. The molecule has 1 saturated carbocycles. The predicted octanol–water partition coefficient (Wildman–Crippen LogP) is 4.58. The van der Waals surface area contributed by atoms with Crippen molar-refractivity contribution in [3.63, 3.8) is 0 Å². The van der Waals surface area contributed by atoms with Gasteiger partial charge in [0.25, 0.3) is 0 Å². The smallest absolute Gasteiger partial charge is 0.00953 e. The van der Waals surface area contributed by atoms with Gasteiger partial charge in [-0.2, -0.15) is 0 Å². The first-order chi connectivity index (χ1) is 9.81. The first-order valence-corrected chi connectivity index (χ1v) is 9.25. The minimum absolute atomic E-state index is 0.842.